The van der Waals surface area contributed by atoms with Gasteiger partial charge in [0.15, 0.2) is 11.5 Å². The molecule has 1 atom stereocenters. The first kappa shape index (κ1) is 16.1. The second-order valence-electron chi connectivity index (χ2n) is 5.70. The summed E-state index contributed by atoms with van der Waals surface area (Å²) < 4.78 is 5.27. The number of para-hydroxylation sites is 1. The molecule has 4 heteroatoms. The van der Waals surface area contributed by atoms with E-state index in [4.69, 9.17) is 4.74 Å². The largest absolute Gasteiger partial charge is 0.504 e. The van der Waals surface area contributed by atoms with Crippen molar-refractivity contribution < 1.29 is 9.84 Å². The van der Waals surface area contributed by atoms with Crippen LogP contribution in [0.15, 0.2) is 18.2 Å². The molecule has 1 aliphatic heterocycles. The fourth-order valence-electron chi connectivity index (χ4n) is 3.09. The number of hydrogen-bond acceptors (Lipinski definition) is 4. The molecule has 0 amide bonds. The zero-order chi connectivity index (χ0) is 15.1. The van der Waals surface area contributed by atoms with Crippen LogP contribution in [0.2, 0.25) is 0 Å². The van der Waals surface area contributed by atoms with Crippen molar-refractivity contribution >= 4 is 0 Å². The molecule has 1 aliphatic rings. The minimum Gasteiger partial charge on any atom is -0.504 e. The van der Waals surface area contributed by atoms with Crippen molar-refractivity contribution in [2.24, 2.45) is 0 Å². The molecule has 0 radical (unpaired) electrons. The molecule has 1 aromatic rings. The van der Waals surface area contributed by atoms with Crippen LogP contribution in [0, 0.1) is 0 Å². The Morgan fingerprint density at radius 3 is 2.71 bits per heavy atom. The number of phenolic OH excluding ortho intramolecular Hbond substituents is 1. The highest BCUT2D eigenvalue weighted by Crippen LogP contribution is 2.38. The number of benzene rings is 1. The summed E-state index contributed by atoms with van der Waals surface area (Å²) in [5.41, 5.74) is 1.01. The number of ether oxygens (including phenoxy) is 1. The van der Waals surface area contributed by atoms with E-state index in [2.05, 4.69) is 17.1 Å². The molecule has 0 saturated carbocycles. The molecule has 0 bridgehead atoms. The molecule has 0 aromatic heterocycles. The maximum absolute atomic E-state index is 10.5. The lowest BCUT2D eigenvalue weighted by Gasteiger charge is -2.35. The summed E-state index contributed by atoms with van der Waals surface area (Å²) in [7, 11) is 1.61. The number of hydrogen-bond donors (Lipinski definition) is 2. The minimum atomic E-state index is 0.286. The lowest BCUT2D eigenvalue weighted by Crippen LogP contribution is -2.45. The Labute approximate surface area is 128 Å². The van der Waals surface area contributed by atoms with E-state index in [1.807, 2.05) is 18.2 Å². The Bertz CT molecular complexity index is 431. The second kappa shape index (κ2) is 8.25. The van der Waals surface area contributed by atoms with E-state index in [0.29, 0.717) is 11.5 Å². The van der Waals surface area contributed by atoms with Crippen molar-refractivity contribution in [3.8, 4) is 11.5 Å². The highest BCUT2D eigenvalue weighted by atomic mass is 16.5. The smallest absolute Gasteiger partial charge is 0.162 e. The van der Waals surface area contributed by atoms with Crippen LogP contribution in [0.3, 0.4) is 0 Å². The van der Waals surface area contributed by atoms with Gasteiger partial charge in [-0.1, -0.05) is 38.3 Å². The predicted molar refractivity (Wildman–Crippen MR) is 86.0 cm³/mol. The van der Waals surface area contributed by atoms with Crippen molar-refractivity contribution in [1.82, 2.24) is 10.2 Å². The third-order valence-corrected chi connectivity index (χ3v) is 4.28. The van der Waals surface area contributed by atoms with E-state index < -0.39 is 0 Å². The lowest BCUT2D eigenvalue weighted by molar-refractivity contribution is 0.159. The first-order chi connectivity index (χ1) is 10.3. The van der Waals surface area contributed by atoms with Gasteiger partial charge in [-0.15, -0.1) is 0 Å². The molecular formula is C17H28N2O2. The summed E-state index contributed by atoms with van der Waals surface area (Å²) in [5, 5.41) is 13.9. The molecule has 2 rings (SSSR count). The Hall–Kier alpha value is -1.26. The summed E-state index contributed by atoms with van der Waals surface area (Å²) in [6, 6.07) is 6.12. The van der Waals surface area contributed by atoms with Crippen molar-refractivity contribution in [2.45, 2.75) is 38.6 Å². The number of nitrogens with one attached hydrogen (secondary N) is 1. The molecular weight excluding hydrogens is 264 g/mol. The van der Waals surface area contributed by atoms with Crippen LogP contribution in [0.4, 0.5) is 0 Å². The van der Waals surface area contributed by atoms with Gasteiger partial charge < -0.3 is 15.2 Å². The van der Waals surface area contributed by atoms with Crippen LogP contribution in [-0.2, 0) is 0 Å². The first-order valence-electron chi connectivity index (χ1n) is 8.08. The SMILES string of the molecule is CCCCC[C@H](c1cccc(OC)c1O)N1CCNCC1. The number of phenols is 1. The van der Waals surface area contributed by atoms with Crippen molar-refractivity contribution in [2.75, 3.05) is 33.3 Å². The molecule has 0 unspecified atom stereocenters. The summed E-state index contributed by atoms with van der Waals surface area (Å²) in [4.78, 5) is 2.49. The quantitative estimate of drug-likeness (QED) is 0.759. The van der Waals surface area contributed by atoms with E-state index in [1.165, 1.54) is 19.3 Å². The summed E-state index contributed by atoms with van der Waals surface area (Å²) in [6.07, 6.45) is 4.75. The zero-order valence-electron chi connectivity index (χ0n) is 13.3. The third kappa shape index (κ3) is 4.11. The van der Waals surface area contributed by atoms with Crippen molar-refractivity contribution in [1.29, 1.82) is 0 Å². The molecule has 1 aromatic carbocycles. The normalized spacial score (nSPS) is 17.6. The van der Waals surface area contributed by atoms with E-state index >= 15 is 0 Å². The second-order valence-corrected chi connectivity index (χ2v) is 5.70. The molecule has 1 saturated heterocycles. The Morgan fingerprint density at radius 2 is 2.05 bits per heavy atom. The molecule has 1 heterocycles. The molecule has 1 fully saturated rings. The lowest BCUT2D eigenvalue weighted by atomic mass is 9.97. The van der Waals surface area contributed by atoms with Gasteiger partial charge in [0.05, 0.1) is 7.11 Å². The van der Waals surface area contributed by atoms with Crippen molar-refractivity contribution in [3.05, 3.63) is 23.8 Å². The molecule has 4 nitrogen and oxygen atoms in total. The Morgan fingerprint density at radius 1 is 1.29 bits per heavy atom. The van der Waals surface area contributed by atoms with Crippen LogP contribution >= 0.6 is 0 Å². The average molecular weight is 292 g/mol. The Kier molecular flexibility index (Phi) is 6.33. The van der Waals surface area contributed by atoms with E-state index in [9.17, 15) is 5.11 Å². The maximum atomic E-state index is 10.5. The molecule has 0 aliphatic carbocycles. The fourth-order valence-corrected chi connectivity index (χ4v) is 3.09. The molecule has 118 valence electrons. The summed E-state index contributed by atoms with van der Waals surface area (Å²) in [6.45, 7) is 6.34. The van der Waals surface area contributed by atoms with Gasteiger partial charge in [-0.3, -0.25) is 4.90 Å². The minimum absolute atomic E-state index is 0.286. The van der Waals surface area contributed by atoms with Gasteiger partial charge in [0.2, 0.25) is 0 Å². The summed E-state index contributed by atoms with van der Waals surface area (Å²) in [5.74, 6) is 0.878. The van der Waals surface area contributed by atoms with Crippen molar-refractivity contribution in [3.63, 3.8) is 0 Å². The van der Waals surface area contributed by atoms with Gasteiger partial charge in [0.25, 0.3) is 0 Å². The van der Waals surface area contributed by atoms with Gasteiger partial charge in [-0.2, -0.15) is 0 Å². The highest BCUT2D eigenvalue weighted by Gasteiger charge is 2.25. The van der Waals surface area contributed by atoms with E-state index in [-0.39, 0.29) is 6.04 Å². The van der Waals surface area contributed by atoms with Gasteiger partial charge in [0.1, 0.15) is 0 Å². The molecule has 2 N–H and O–H groups in total. The van der Waals surface area contributed by atoms with Crippen LogP contribution in [-0.4, -0.2) is 43.3 Å². The number of piperazine rings is 1. The molecule has 0 spiro atoms. The number of methoxy groups -OCH3 is 1. The zero-order valence-corrected chi connectivity index (χ0v) is 13.3. The number of aromatic hydroxyl groups is 1. The van der Waals surface area contributed by atoms with Gasteiger partial charge in [0, 0.05) is 37.8 Å². The van der Waals surface area contributed by atoms with Gasteiger partial charge in [-0.25, -0.2) is 0 Å². The van der Waals surface area contributed by atoms with Crippen LogP contribution in [0.5, 0.6) is 11.5 Å². The van der Waals surface area contributed by atoms with Crippen LogP contribution in [0.25, 0.3) is 0 Å². The predicted octanol–water partition coefficient (Wildman–Crippen LogP) is 2.93. The van der Waals surface area contributed by atoms with Crippen LogP contribution < -0.4 is 10.1 Å². The summed E-state index contributed by atoms with van der Waals surface area (Å²) >= 11 is 0. The van der Waals surface area contributed by atoms with E-state index in [0.717, 1.165) is 38.2 Å². The topological polar surface area (TPSA) is 44.7 Å². The standard InChI is InChI=1S/C17H28N2O2/c1-3-4-5-8-15(19-12-10-18-11-13-19)14-7-6-9-16(21-2)17(14)20/h6-7,9,15,18,20H,3-5,8,10-13H2,1-2H3/t15-/m1/s1. The monoisotopic (exact) mass is 292 g/mol. The number of rotatable bonds is 7. The maximum Gasteiger partial charge on any atom is 0.162 e. The average Bonchev–Trinajstić information content (AvgIpc) is 2.53. The third-order valence-electron chi connectivity index (χ3n) is 4.28. The van der Waals surface area contributed by atoms with E-state index in [1.54, 1.807) is 7.11 Å². The highest BCUT2D eigenvalue weighted by molar-refractivity contribution is 5.46. The van der Waals surface area contributed by atoms with Gasteiger partial charge >= 0.3 is 0 Å². The number of unbranched alkanes of at least 4 members (excludes halogenated alkanes) is 2. The number of nitrogens with zero attached hydrogens (tertiary/aromatic N) is 1. The fraction of sp³-hybridized carbons (Fsp3) is 0.647. The first-order valence-corrected chi connectivity index (χ1v) is 8.08. The Balaban J connectivity index is 2.20. The van der Waals surface area contributed by atoms with Crippen LogP contribution in [0.1, 0.15) is 44.2 Å². The molecule has 21 heavy (non-hydrogen) atoms. The van der Waals surface area contributed by atoms with Gasteiger partial charge in [-0.05, 0) is 12.5 Å².